The molecule has 0 aliphatic carbocycles. The first-order valence-corrected chi connectivity index (χ1v) is 8.81. The maximum Gasteiger partial charge on any atom is 0.150 e. The van der Waals surface area contributed by atoms with Gasteiger partial charge in [-0.2, -0.15) is 0 Å². The molecule has 0 spiro atoms. The number of hydrogen-bond donors (Lipinski definition) is 1. The standard InChI is InChI=1S/C13H29NO2S/c1-4-7-10-13(9-5-2)14-11-8-12-17(15,16)6-3/h13-14H,4-12H2,1-3H3. The third kappa shape index (κ3) is 9.60. The van der Waals surface area contributed by atoms with Crippen LogP contribution in [0.3, 0.4) is 0 Å². The summed E-state index contributed by atoms with van der Waals surface area (Å²) in [5.41, 5.74) is 0. The number of nitrogens with one attached hydrogen (secondary N) is 1. The molecule has 0 aromatic rings. The Kier molecular flexibility index (Phi) is 9.84. The lowest BCUT2D eigenvalue weighted by Crippen LogP contribution is -2.30. The van der Waals surface area contributed by atoms with Crippen LogP contribution in [0.2, 0.25) is 0 Å². The van der Waals surface area contributed by atoms with Crippen molar-refractivity contribution in [1.82, 2.24) is 5.32 Å². The Morgan fingerprint density at radius 1 is 1.00 bits per heavy atom. The van der Waals surface area contributed by atoms with Crippen molar-refractivity contribution < 1.29 is 8.42 Å². The summed E-state index contributed by atoms with van der Waals surface area (Å²) in [6, 6.07) is 0.573. The fourth-order valence-corrected chi connectivity index (χ4v) is 2.76. The van der Waals surface area contributed by atoms with Crippen molar-refractivity contribution in [3.63, 3.8) is 0 Å². The first-order chi connectivity index (χ1) is 8.05. The Labute approximate surface area is 107 Å². The van der Waals surface area contributed by atoms with Gasteiger partial charge in [0.25, 0.3) is 0 Å². The van der Waals surface area contributed by atoms with E-state index < -0.39 is 9.84 Å². The maximum absolute atomic E-state index is 11.3. The number of rotatable bonds is 11. The van der Waals surface area contributed by atoms with E-state index in [0.717, 1.165) is 13.0 Å². The number of unbranched alkanes of at least 4 members (excludes halogenated alkanes) is 1. The highest BCUT2D eigenvalue weighted by molar-refractivity contribution is 7.91. The molecule has 0 aromatic carbocycles. The summed E-state index contributed by atoms with van der Waals surface area (Å²) in [7, 11) is -2.79. The summed E-state index contributed by atoms with van der Waals surface area (Å²) >= 11 is 0. The van der Waals surface area contributed by atoms with Crippen molar-refractivity contribution in [1.29, 1.82) is 0 Å². The maximum atomic E-state index is 11.3. The minimum Gasteiger partial charge on any atom is -0.314 e. The highest BCUT2D eigenvalue weighted by atomic mass is 32.2. The summed E-state index contributed by atoms with van der Waals surface area (Å²) in [5, 5.41) is 3.49. The van der Waals surface area contributed by atoms with Crippen LogP contribution in [0.4, 0.5) is 0 Å². The van der Waals surface area contributed by atoms with Gasteiger partial charge in [0.2, 0.25) is 0 Å². The van der Waals surface area contributed by atoms with Crippen LogP contribution in [0.15, 0.2) is 0 Å². The topological polar surface area (TPSA) is 46.2 Å². The second kappa shape index (κ2) is 9.89. The van der Waals surface area contributed by atoms with Gasteiger partial charge in [0, 0.05) is 11.8 Å². The van der Waals surface area contributed by atoms with E-state index in [0.29, 0.717) is 11.8 Å². The van der Waals surface area contributed by atoms with Gasteiger partial charge in [-0.05, 0) is 25.8 Å². The van der Waals surface area contributed by atoms with E-state index in [4.69, 9.17) is 0 Å². The second-order valence-corrected chi connectivity index (χ2v) is 7.14. The molecule has 0 heterocycles. The van der Waals surface area contributed by atoms with Crippen molar-refractivity contribution in [2.24, 2.45) is 0 Å². The van der Waals surface area contributed by atoms with Crippen LogP contribution in [-0.4, -0.2) is 32.5 Å². The summed E-state index contributed by atoms with van der Waals surface area (Å²) in [6.07, 6.45) is 6.82. The van der Waals surface area contributed by atoms with Crippen molar-refractivity contribution in [3.8, 4) is 0 Å². The number of sulfone groups is 1. The van der Waals surface area contributed by atoms with E-state index in [-0.39, 0.29) is 5.75 Å². The molecule has 0 aliphatic rings. The fraction of sp³-hybridized carbons (Fsp3) is 1.00. The molecule has 0 rings (SSSR count). The minimum absolute atomic E-state index is 0.265. The Balaban J connectivity index is 3.74. The lowest BCUT2D eigenvalue weighted by Gasteiger charge is -2.17. The average Bonchev–Trinajstić information content (AvgIpc) is 2.31. The van der Waals surface area contributed by atoms with E-state index in [1.165, 1.54) is 32.1 Å². The minimum atomic E-state index is -2.79. The Morgan fingerprint density at radius 3 is 2.24 bits per heavy atom. The molecule has 4 heteroatoms. The van der Waals surface area contributed by atoms with Crippen molar-refractivity contribution >= 4 is 9.84 Å². The fourth-order valence-electron chi connectivity index (χ4n) is 1.89. The van der Waals surface area contributed by atoms with Gasteiger partial charge in [-0.25, -0.2) is 8.42 Å². The van der Waals surface area contributed by atoms with E-state index in [2.05, 4.69) is 19.2 Å². The van der Waals surface area contributed by atoms with Crippen molar-refractivity contribution in [3.05, 3.63) is 0 Å². The van der Waals surface area contributed by atoms with Gasteiger partial charge >= 0.3 is 0 Å². The molecule has 0 bridgehead atoms. The quantitative estimate of drug-likeness (QED) is 0.583. The van der Waals surface area contributed by atoms with Crippen LogP contribution in [0.1, 0.15) is 59.3 Å². The number of hydrogen-bond acceptors (Lipinski definition) is 3. The molecule has 104 valence electrons. The molecule has 1 N–H and O–H groups in total. The largest absolute Gasteiger partial charge is 0.314 e. The van der Waals surface area contributed by atoms with Gasteiger partial charge in [-0.15, -0.1) is 0 Å². The van der Waals surface area contributed by atoms with E-state index in [1.807, 2.05) is 0 Å². The highest BCUT2D eigenvalue weighted by Gasteiger charge is 2.09. The second-order valence-electron chi connectivity index (χ2n) is 4.67. The third-order valence-electron chi connectivity index (χ3n) is 3.05. The summed E-state index contributed by atoms with van der Waals surface area (Å²) < 4.78 is 22.6. The summed E-state index contributed by atoms with van der Waals surface area (Å²) in [4.78, 5) is 0. The zero-order chi connectivity index (χ0) is 13.1. The first-order valence-electron chi connectivity index (χ1n) is 6.99. The summed E-state index contributed by atoms with van der Waals surface area (Å²) in [6.45, 7) is 6.94. The normalized spacial score (nSPS) is 13.8. The monoisotopic (exact) mass is 263 g/mol. The molecule has 3 nitrogen and oxygen atoms in total. The van der Waals surface area contributed by atoms with Gasteiger partial charge in [-0.3, -0.25) is 0 Å². The van der Waals surface area contributed by atoms with Gasteiger partial charge in [0.1, 0.15) is 9.84 Å². The van der Waals surface area contributed by atoms with Crippen LogP contribution >= 0.6 is 0 Å². The Bertz CT molecular complexity index is 263. The van der Waals surface area contributed by atoms with Crippen LogP contribution in [0.5, 0.6) is 0 Å². The molecule has 0 radical (unpaired) electrons. The molecular formula is C13H29NO2S. The van der Waals surface area contributed by atoms with Crippen LogP contribution in [-0.2, 0) is 9.84 Å². The molecule has 17 heavy (non-hydrogen) atoms. The molecule has 0 fully saturated rings. The van der Waals surface area contributed by atoms with Gasteiger partial charge in [-0.1, -0.05) is 40.0 Å². The smallest absolute Gasteiger partial charge is 0.150 e. The zero-order valence-electron chi connectivity index (χ0n) is 11.7. The SMILES string of the molecule is CCCCC(CCC)NCCCS(=O)(=O)CC. The lowest BCUT2D eigenvalue weighted by atomic mass is 10.1. The molecule has 0 aliphatic heterocycles. The average molecular weight is 263 g/mol. The molecule has 0 saturated heterocycles. The van der Waals surface area contributed by atoms with Gasteiger partial charge in [0.15, 0.2) is 0 Å². The molecule has 0 amide bonds. The predicted octanol–water partition coefficient (Wildman–Crippen LogP) is 2.76. The van der Waals surface area contributed by atoms with E-state index >= 15 is 0 Å². The Morgan fingerprint density at radius 2 is 1.71 bits per heavy atom. The van der Waals surface area contributed by atoms with Crippen LogP contribution < -0.4 is 5.32 Å². The molecule has 1 unspecified atom stereocenters. The van der Waals surface area contributed by atoms with Crippen LogP contribution in [0, 0.1) is 0 Å². The summed E-state index contributed by atoms with van der Waals surface area (Å²) in [5.74, 6) is 0.588. The predicted molar refractivity (Wildman–Crippen MR) is 75.2 cm³/mol. The third-order valence-corrected chi connectivity index (χ3v) is 4.84. The molecule has 0 saturated carbocycles. The Hall–Kier alpha value is -0.0900. The van der Waals surface area contributed by atoms with Crippen molar-refractivity contribution in [2.45, 2.75) is 65.3 Å². The van der Waals surface area contributed by atoms with Crippen LogP contribution in [0.25, 0.3) is 0 Å². The van der Waals surface area contributed by atoms with E-state index in [9.17, 15) is 8.42 Å². The first kappa shape index (κ1) is 16.9. The highest BCUT2D eigenvalue weighted by Crippen LogP contribution is 2.06. The van der Waals surface area contributed by atoms with Gasteiger partial charge < -0.3 is 5.32 Å². The van der Waals surface area contributed by atoms with Gasteiger partial charge in [0.05, 0.1) is 5.75 Å². The van der Waals surface area contributed by atoms with Crippen molar-refractivity contribution in [2.75, 3.05) is 18.1 Å². The lowest BCUT2D eigenvalue weighted by molar-refractivity contribution is 0.435. The zero-order valence-corrected chi connectivity index (χ0v) is 12.5. The molecule has 0 aromatic heterocycles. The van der Waals surface area contributed by atoms with E-state index in [1.54, 1.807) is 6.92 Å². The molecule has 1 atom stereocenters. The molecular weight excluding hydrogens is 234 g/mol.